The second kappa shape index (κ2) is 6.24. The van der Waals surface area contributed by atoms with E-state index in [4.69, 9.17) is 5.11 Å². The van der Waals surface area contributed by atoms with Gasteiger partial charge in [0.1, 0.15) is 5.82 Å². The summed E-state index contributed by atoms with van der Waals surface area (Å²) in [6, 6.07) is 5.35. The predicted molar refractivity (Wildman–Crippen MR) is 80.1 cm³/mol. The maximum atomic E-state index is 10.7. The number of benzene rings is 1. The number of hydrogen-bond acceptors (Lipinski definition) is 4. The molecular weight excluding hydrogens is 270 g/mol. The molecule has 1 aromatic carbocycles. The van der Waals surface area contributed by atoms with Gasteiger partial charge in [-0.25, -0.2) is 4.98 Å². The molecule has 1 aromatic heterocycles. The number of carboxylic acid groups (broad SMARTS) is 1. The van der Waals surface area contributed by atoms with Gasteiger partial charge in [-0.3, -0.25) is 4.79 Å². The number of carbonyl (C=O) groups is 1. The number of carboxylic acids is 1. The van der Waals surface area contributed by atoms with Crippen LogP contribution in [0.2, 0.25) is 0 Å². The van der Waals surface area contributed by atoms with Crippen molar-refractivity contribution in [3.63, 3.8) is 0 Å². The molecule has 0 fully saturated rings. The van der Waals surface area contributed by atoms with Crippen LogP contribution in [0.1, 0.15) is 30.3 Å². The van der Waals surface area contributed by atoms with E-state index in [1.807, 2.05) is 36.7 Å². The van der Waals surface area contributed by atoms with Crippen molar-refractivity contribution in [3.05, 3.63) is 29.6 Å². The number of aromatic nitrogens is 2. The molecule has 0 bridgehead atoms. The molecule has 0 saturated carbocycles. The SMILES string of the molecule is CNC(CCC(=O)O)C(O)c1ccc2c(c1)nc(C)n2C. The minimum absolute atomic E-state index is 0.0213. The molecule has 0 amide bonds. The summed E-state index contributed by atoms with van der Waals surface area (Å²) in [6.07, 6.45) is -0.374. The third-order valence-corrected chi connectivity index (χ3v) is 3.89. The van der Waals surface area contributed by atoms with E-state index in [1.165, 1.54) is 0 Å². The van der Waals surface area contributed by atoms with E-state index in [-0.39, 0.29) is 12.5 Å². The van der Waals surface area contributed by atoms with Crippen LogP contribution < -0.4 is 5.32 Å². The fourth-order valence-electron chi connectivity index (χ4n) is 2.49. The van der Waals surface area contributed by atoms with Crippen LogP contribution in [0.4, 0.5) is 0 Å². The molecule has 1 heterocycles. The summed E-state index contributed by atoms with van der Waals surface area (Å²) >= 11 is 0. The molecule has 114 valence electrons. The summed E-state index contributed by atoms with van der Waals surface area (Å²) in [7, 11) is 3.67. The van der Waals surface area contributed by atoms with Crippen molar-refractivity contribution in [2.24, 2.45) is 7.05 Å². The Morgan fingerprint density at radius 2 is 2.19 bits per heavy atom. The van der Waals surface area contributed by atoms with Crippen LogP contribution in [0.25, 0.3) is 11.0 Å². The maximum absolute atomic E-state index is 10.7. The largest absolute Gasteiger partial charge is 0.481 e. The number of fused-ring (bicyclic) bond motifs is 1. The number of nitrogens with one attached hydrogen (secondary N) is 1. The third-order valence-electron chi connectivity index (χ3n) is 3.89. The van der Waals surface area contributed by atoms with Gasteiger partial charge < -0.3 is 20.1 Å². The fourth-order valence-corrected chi connectivity index (χ4v) is 2.49. The highest BCUT2D eigenvalue weighted by Crippen LogP contribution is 2.24. The minimum Gasteiger partial charge on any atom is -0.481 e. The lowest BCUT2D eigenvalue weighted by Crippen LogP contribution is -2.32. The molecule has 2 aromatic rings. The number of aliphatic hydroxyl groups is 1. The molecule has 2 unspecified atom stereocenters. The van der Waals surface area contributed by atoms with Gasteiger partial charge in [-0.15, -0.1) is 0 Å². The van der Waals surface area contributed by atoms with Gasteiger partial charge in [-0.1, -0.05) is 6.07 Å². The van der Waals surface area contributed by atoms with Gasteiger partial charge in [-0.05, 0) is 38.1 Å². The van der Waals surface area contributed by atoms with E-state index in [0.717, 1.165) is 22.4 Å². The maximum Gasteiger partial charge on any atom is 0.303 e. The fraction of sp³-hybridized carbons (Fsp3) is 0.467. The van der Waals surface area contributed by atoms with E-state index < -0.39 is 12.1 Å². The topological polar surface area (TPSA) is 87.4 Å². The molecule has 0 aliphatic rings. The summed E-state index contributed by atoms with van der Waals surface area (Å²) in [5.41, 5.74) is 2.58. The van der Waals surface area contributed by atoms with E-state index in [1.54, 1.807) is 7.05 Å². The number of aryl methyl sites for hydroxylation is 2. The normalized spacial score (nSPS) is 14.3. The molecule has 21 heavy (non-hydrogen) atoms. The Morgan fingerprint density at radius 3 is 2.81 bits per heavy atom. The van der Waals surface area contributed by atoms with Crippen LogP contribution in [0.5, 0.6) is 0 Å². The lowest BCUT2D eigenvalue weighted by atomic mass is 9.98. The summed E-state index contributed by atoms with van der Waals surface area (Å²) in [6.45, 7) is 1.93. The number of rotatable bonds is 6. The molecule has 0 aliphatic heterocycles. The Hall–Kier alpha value is -1.92. The van der Waals surface area contributed by atoms with Crippen LogP contribution in [0, 0.1) is 6.92 Å². The zero-order valence-corrected chi connectivity index (χ0v) is 12.5. The van der Waals surface area contributed by atoms with E-state index >= 15 is 0 Å². The molecule has 0 aliphatic carbocycles. The average Bonchev–Trinajstić information content (AvgIpc) is 2.73. The van der Waals surface area contributed by atoms with Crippen molar-refractivity contribution in [1.82, 2.24) is 14.9 Å². The molecule has 2 rings (SSSR count). The van der Waals surface area contributed by atoms with Crippen LogP contribution >= 0.6 is 0 Å². The molecule has 6 heteroatoms. The minimum atomic E-state index is -0.863. The van der Waals surface area contributed by atoms with Crippen molar-refractivity contribution in [2.75, 3.05) is 7.05 Å². The first-order chi connectivity index (χ1) is 9.93. The van der Waals surface area contributed by atoms with Gasteiger partial charge >= 0.3 is 5.97 Å². The first-order valence-corrected chi connectivity index (χ1v) is 6.94. The molecule has 2 atom stereocenters. The number of aliphatic carboxylic acids is 1. The van der Waals surface area contributed by atoms with Gasteiger partial charge in [-0.2, -0.15) is 0 Å². The van der Waals surface area contributed by atoms with Gasteiger partial charge in [0, 0.05) is 19.5 Å². The van der Waals surface area contributed by atoms with Crippen molar-refractivity contribution >= 4 is 17.0 Å². The number of nitrogens with zero attached hydrogens (tertiary/aromatic N) is 2. The van der Waals surface area contributed by atoms with Crippen molar-refractivity contribution in [2.45, 2.75) is 31.9 Å². The quantitative estimate of drug-likeness (QED) is 0.748. The Bertz CT molecular complexity index is 651. The second-order valence-corrected chi connectivity index (χ2v) is 5.24. The number of imidazole rings is 1. The highest BCUT2D eigenvalue weighted by molar-refractivity contribution is 5.77. The van der Waals surface area contributed by atoms with Crippen LogP contribution in [-0.4, -0.2) is 38.8 Å². The van der Waals surface area contributed by atoms with Crippen LogP contribution in [0.3, 0.4) is 0 Å². The Labute approximate surface area is 123 Å². The zero-order chi connectivity index (χ0) is 15.6. The monoisotopic (exact) mass is 291 g/mol. The van der Waals surface area contributed by atoms with Crippen molar-refractivity contribution in [3.8, 4) is 0 Å². The van der Waals surface area contributed by atoms with Crippen molar-refractivity contribution in [1.29, 1.82) is 0 Å². The summed E-state index contributed by atoms with van der Waals surface area (Å²) in [4.78, 5) is 15.1. The van der Waals surface area contributed by atoms with Crippen molar-refractivity contribution < 1.29 is 15.0 Å². The summed E-state index contributed by atoms with van der Waals surface area (Å²) in [5, 5.41) is 22.2. The smallest absolute Gasteiger partial charge is 0.303 e. The highest BCUT2D eigenvalue weighted by atomic mass is 16.4. The zero-order valence-electron chi connectivity index (χ0n) is 12.5. The number of likely N-dealkylation sites (N-methyl/N-ethyl adjacent to an activating group) is 1. The van der Waals surface area contributed by atoms with E-state index in [0.29, 0.717) is 6.42 Å². The first kappa shape index (κ1) is 15.5. The molecule has 0 spiro atoms. The van der Waals surface area contributed by atoms with E-state index in [9.17, 15) is 9.90 Å². The van der Waals surface area contributed by atoms with Crippen LogP contribution in [0.15, 0.2) is 18.2 Å². The van der Waals surface area contributed by atoms with Gasteiger partial charge in [0.05, 0.1) is 17.1 Å². The lowest BCUT2D eigenvalue weighted by Gasteiger charge is -2.22. The predicted octanol–water partition coefficient (Wildman–Crippen LogP) is 1.37. The Morgan fingerprint density at radius 1 is 1.48 bits per heavy atom. The number of aliphatic hydroxyl groups excluding tert-OH is 1. The third kappa shape index (κ3) is 3.22. The Balaban J connectivity index is 2.25. The first-order valence-electron chi connectivity index (χ1n) is 6.94. The molecule has 0 radical (unpaired) electrons. The molecular formula is C15H21N3O3. The standard InChI is InChI=1S/C15H21N3O3/c1-9-17-12-8-10(4-6-13(12)18(9)3)15(21)11(16-2)5-7-14(19)20/h4,6,8,11,15-16,21H,5,7H2,1-3H3,(H,19,20). The second-order valence-electron chi connectivity index (χ2n) is 5.24. The van der Waals surface area contributed by atoms with E-state index in [2.05, 4.69) is 10.3 Å². The van der Waals surface area contributed by atoms with Gasteiger partial charge in [0.2, 0.25) is 0 Å². The Kier molecular flexibility index (Phi) is 4.59. The van der Waals surface area contributed by atoms with Gasteiger partial charge in [0.15, 0.2) is 0 Å². The molecule has 6 nitrogen and oxygen atoms in total. The molecule has 3 N–H and O–H groups in total. The summed E-state index contributed by atoms with van der Waals surface area (Å²) < 4.78 is 1.99. The van der Waals surface area contributed by atoms with Gasteiger partial charge in [0.25, 0.3) is 0 Å². The average molecular weight is 291 g/mol. The molecule has 0 saturated heterocycles. The highest BCUT2D eigenvalue weighted by Gasteiger charge is 2.21. The lowest BCUT2D eigenvalue weighted by molar-refractivity contribution is -0.137. The van der Waals surface area contributed by atoms with Crippen LogP contribution in [-0.2, 0) is 11.8 Å². The number of hydrogen-bond donors (Lipinski definition) is 3. The summed E-state index contributed by atoms with van der Waals surface area (Å²) in [5.74, 6) is 0.0472.